The van der Waals surface area contributed by atoms with E-state index < -0.39 is 0 Å². The maximum atomic E-state index is 12.4. The Bertz CT molecular complexity index is 827. The minimum atomic E-state index is -0.239. The van der Waals surface area contributed by atoms with Crippen LogP contribution in [0.25, 0.3) is 0 Å². The van der Waals surface area contributed by atoms with Gasteiger partial charge < -0.3 is 21.0 Å². The van der Waals surface area contributed by atoms with Crippen LogP contribution in [0.1, 0.15) is 12.8 Å². The average molecular weight is 332 g/mol. The van der Waals surface area contributed by atoms with Gasteiger partial charge in [0.1, 0.15) is 5.76 Å². The summed E-state index contributed by atoms with van der Waals surface area (Å²) in [5.41, 5.74) is 7.11. The van der Waals surface area contributed by atoms with Gasteiger partial charge in [0.2, 0.25) is 0 Å². The molecule has 3 rings (SSSR count). The summed E-state index contributed by atoms with van der Waals surface area (Å²) in [6, 6.07) is 0. The first-order valence-electron chi connectivity index (χ1n) is 7.72. The first-order valence-corrected chi connectivity index (χ1v) is 7.72. The van der Waals surface area contributed by atoms with E-state index >= 15 is 0 Å². The lowest BCUT2D eigenvalue weighted by Crippen LogP contribution is -2.25. The molecule has 2 aliphatic rings. The molecule has 9 nitrogen and oxygen atoms in total. The fourth-order valence-electron chi connectivity index (χ4n) is 2.89. The van der Waals surface area contributed by atoms with Crippen LogP contribution in [0.3, 0.4) is 0 Å². The molecule has 1 aliphatic carbocycles. The van der Waals surface area contributed by atoms with Gasteiger partial charge >= 0.3 is 0 Å². The van der Waals surface area contributed by atoms with E-state index in [9.17, 15) is 4.79 Å². The van der Waals surface area contributed by atoms with E-state index in [1.54, 1.807) is 15.4 Å². The lowest BCUT2D eigenvalue weighted by atomic mass is 9.99. The van der Waals surface area contributed by atoms with E-state index in [-0.39, 0.29) is 36.5 Å². The Labute approximate surface area is 138 Å². The van der Waals surface area contributed by atoms with Gasteiger partial charge in [-0.05, 0) is 6.42 Å². The number of ether oxygens (including phenoxy) is 1. The maximum absolute atomic E-state index is 12.4. The summed E-state index contributed by atoms with van der Waals surface area (Å²) < 4.78 is 8.60. The molecular weight excluding hydrogens is 312 g/mol. The number of hydrogen-bond acceptors (Lipinski definition) is 7. The molecule has 0 atom stereocenters. The molecule has 4 N–H and O–H groups in total. The van der Waals surface area contributed by atoms with Crippen LogP contribution in [-0.4, -0.2) is 51.9 Å². The number of nitrogens with zero attached hydrogens (tertiary/aromatic N) is 4. The number of rotatable bonds is 4. The summed E-state index contributed by atoms with van der Waals surface area (Å²) in [5.74, 6) is 0.800. The van der Waals surface area contributed by atoms with Gasteiger partial charge in [0.05, 0.1) is 37.4 Å². The molecule has 0 fully saturated rings. The number of anilines is 1. The molecule has 1 aliphatic heterocycles. The maximum Gasteiger partial charge on any atom is 0.294 e. The molecule has 128 valence electrons. The largest absolute Gasteiger partial charge is 0.495 e. The normalized spacial score (nSPS) is 20.6. The van der Waals surface area contributed by atoms with Crippen molar-refractivity contribution in [3.63, 3.8) is 0 Å². The second kappa shape index (κ2) is 6.44. The number of fused-ring (bicyclic) bond motifs is 1. The Hall–Kier alpha value is -2.68. The van der Waals surface area contributed by atoms with E-state index in [1.807, 2.05) is 0 Å². The van der Waals surface area contributed by atoms with Gasteiger partial charge in [0.15, 0.2) is 11.5 Å². The van der Waals surface area contributed by atoms with Crippen LogP contribution in [0.4, 0.5) is 11.5 Å². The van der Waals surface area contributed by atoms with Crippen molar-refractivity contribution in [2.75, 3.05) is 26.0 Å². The third-order valence-electron chi connectivity index (χ3n) is 4.05. The summed E-state index contributed by atoms with van der Waals surface area (Å²) in [5, 5.41) is 17.0. The van der Waals surface area contributed by atoms with E-state index in [0.29, 0.717) is 36.1 Å². The first kappa shape index (κ1) is 16.2. The van der Waals surface area contributed by atoms with Crippen LogP contribution in [0.2, 0.25) is 0 Å². The van der Waals surface area contributed by atoms with Crippen molar-refractivity contribution in [2.24, 2.45) is 9.98 Å². The standard InChI is InChI=1S/C15H20N6O3/c1-24-12-8-10(9(16)7-11(12)18-3-6-22)19-13-14(17)20-4-2-5-21(20)15(13)23/h8,16,22H,2-7,17H2,1H3. The molecule has 1 aromatic heterocycles. The fourth-order valence-corrected chi connectivity index (χ4v) is 2.89. The van der Waals surface area contributed by atoms with Crippen LogP contribution in [0.5, 0.6) is 0 Å². The Morgan fingerprint density at radius 1 is 1.42 bits per heavy atom. The number of nitrogens with two attached hydrogens (primary N) is 1. The summed E-state index contributed by atoms with van der Waals surface area (Å²) >= 11 is 0. The SMILES string of the molecule is COC1=CC(=Nc2c(N)n3n(c2=O)CCC3)C(=N)CC1=NCCO. The zero-order valence-electron chi connectivity index (χ0n) is 13.4. The molecule has 0 amide bonds. The number of allylic oxidation sites excluding steroid dienone is 2. The number of aliphatic hydroxyl groups excluding tert-OH is 1. The molecule has 0 spiro atoms. The van der Waals surface area contributed by atoms with Gasteiger partial charge in [-0.25, -0.2) is 9.67 Å². The third kappa shape index (κ3) is 2.67. The van der Waals surface area contributed by atoms with Crippen molar-refractivity contribution in [3.8, 4) is 0 Å². The lowest BCUT2D eigenvalue weighted by Gasteiger charge is -2.17. The lowest BCUT2D eigenvalue weighted by molar-refractivity contribution is 0.303. The second-order valence-corrected chi connectivity index (χ2v) is 5.56. The Balaban J connectivity index is 2.02. The highest BCUT2D eigenvalue weighted by atomic mass is 16.5. The topological polar surface area (TPSA) is 131 Å². The van der Waals surface area contributed by atoms with Crippen molar-refractivity contribution < 1.29 is 9.84 Å². The van der Waals surface area contributed by atoms with E-state index in [2.05, 4.69) is 9.98 Å². The number of aliphatic imine (C=N–C) groups is 2. The second-order valence-electron chi connectivity index (χ2n) is 5.56. The van der Waals surface area contributed by atoms with Crippen molar-refractivity contribution >= 4 is 28.6 Å². The summed E-state index contributed by atoms with van der Waals surface area (Å²) in [7, 11) is 1.50. The summed E-state index contributed by atoms with van der Waals surface area (Å²) in [6.45, 7) is 1.50. The highest BCUT2D eigenvalue weighted by Crippen LogP contribution is 2.24. The van der Waals surface area contributed by atoms with Crippen molar-refractivity contribution in [1.82, 2.24) is 9.36 Å². The van der Waals surface area contributed by atoms with Crippen LogP contribution < -0.4 is 11.3 Å². The molecule has 0 aromatic carbocycles. The Morgan fingerprint density at radius 3 is 2.83 bits per heavy atom. The number of nitrogens with one attached hydrogen (secondary N) is 1. The van der Waals surface area contributed by atoms with Crippen molar-refractivity contribution in [2.45, 2.75) is 25.9 Å². The molecule has 2 heterocycles. The molecule has 0 unspecified atom stereocenters. The third-order valence-corrected chi connectivity index (χ3v) is 4.05. The molecule has 0 saturated carbocycles. The summed E-state index contributed by atoms with van der Waals surface area (Å²) in [6.07, 6.45) is 2.69. The number of aliphatic hydroxyl groups is 1. The molecule has 0 bridgehead atoms. The highest BCUT2D eigenvalue weighted by molar-refractivity contribution is 6.51. The molecular formula is C15H20N6O3. The molecule has 24 heavy (non-hydrogen) atoms. The quantitative estimate of drug-likeness (QED) is 0.721. The van der Waals surface area contributed by atoms with Gasteiger partial charge in [-0.2, -0.15) is 0 Å². The molecule has 1 aromatic rings. The van der Waals surface area contributed by atoms with Gasteiger partial charge in [-0.15, -0.1) is 0 Å². The van der Waals surface area contributed by atoms with Crippen LogP contribution in [0.15, 0.2) is 26.6 Å². The predicted molar refractivity (Wildman–Crippen MR) is 91.6 cm³/mol. The van der Waals surface area contributed by atoms with Crippen LogP contribution in [0, 0.1) is 5.41 Å². The number of nitrogen functional groups attached to an aromatic ring is 1. The monoisotopic (exact) mass is 332 g/mol. The smallest absolute Gasteiger partial charge is 0.294 e. The number of aromatic nitrogens is 2. The Morgan fingerprint density at radius 2 is 2.17 bits per heavy atom. The van der Waals surface area contributed by atoms with E-state index in [4.69, 9.17) is 21.0 Å². The minimum absolute atomic E-state index is 0.0711. The highest BCUT2D eigenvalue weighted by Gasteiger charge is 2.25. The molecule has 0 radical (unpaired) electrons. The van der Waals surface area contributed by atoms with Crippen molar-refractivity contribution in [3.05, 3.63) is 22.2 Å². The number of hydrogen-bond donors (Lipinski definition) is 3. The Kier molecular flexibility index (Phi) is 4.34. The number of methoxy groups -OCH3 is 1. The van der Waals surface area contributed by atoms with Gasteiger partial charge in [-0.3, -0.25) is 14.5 Å². The van der Waals surface area contributed by atoms with Crippen LogP contribution >= 0.6 is 0 Å². The zero-order valence-corrected chi connectivity index (χ0v) is 13.4. The first-order chi connectivity index (χ1) is 11.6. The molecule has 9 heteroatoms. The zero-order chi connectivity index (χ0) is 17.3. The minimum Gasteiger partial charge on any atom is -0.495 e. The molecule has 0 saturated heterocycles. The van der Waals surface area contributed by atoms with E-state index in [0.717, 1.165) is 6.42 Å². The van der Waals surface area contributed by atoms with E-state index in [1.165, 1.54) is 7.11 Å². The average Bonchev–Trinajstić information content (AvgIpc) is 3.14. The van der Waals surface area contributed by atoms with Crippen LogP contribution in [-0.2, 0) is 17.8 Å². The fraction of sp³-hybridized carbons (Fsp3) is 0.467. The summed E-state index contributed by atoms with van der Waals surface area (Å²) in [4.78, 5) is 20.9. The van der Waals surface area contributed by atoms with Gasteiger partial charge in [0, 0.05) is 25.6 Å². The van der Waals surface area contributed by atoms with Gasteiger partial charge in [-0.1, -0.05) is 0 Å². The van der Waals surface area contributed by atoms with Crippen molar-refractivity contribution in [1.29, 1.82) is 5.41 Å². The predicted octanol–water partition coefficient (Wildman–Crippen LogP) is 0.0953. The van der Waals surface area contributed by atoms with Gasteiger partial charge in [0.25, 0.3) is 5.56 Å².